The summed E-state index contributed by atoms with van der Waals surface area (Å²) in [6.45, 7) is 2.96. The third-order valence-corrected chi connectivity index (χ3v) is 0.175. The molecule has 5 nitrogen and oxygen atoms in total. The number of hydrogen-bond acceptors (Lipinski definition) is 1. The van der Waals surface area contributed by atoms with Gasteiger partial charge in [0.15, 0.2) is 0 Å². The Balaban J connectivity index is -0.00000000800. The van der Waals surface area contributed by atoms with E-state index in [4.69, 9.17) is 5.11 Å². The number of hydrogen-bond donors (Lipinski definition) is 1. The summed E-state index contributed by atoms with van der Waals surface area (Å²) in [5.74, 6) is -0.981. The largest absolute Gasteiger partial charge is 3.00 e. The van der Waals surface area contributed by atoms with Crippen LogP contribution in [0.25, 0.3) is 0 Å². The molecule has 0 fully saturated rings. The van der Waals surface area contributed by atoms with Gasteiger partial charge in [-0.1, -0.05) is 6.58 Å². The van der Waals surface area contributed by atoms with Crippen molar-refractivity contribution in [2.75, 3.05) is 0 Å². The van der Waals surface area contributed by atoms with Gasteiger partial charge in [-0.05, 0) is 0 Å². The topological polar surface area (TPSA) is 123 Å². The summed E-state index contributed by atoms with van der Waals surface area (Å²) >= 11 is 0. The molecule has 0 unspecified atom stereocenters. The van der Waals surface area contributed by atoms with Crippen molar-refractivity contribution in [2.45, 2.75) is 0 Å². The van der Waals surface area contributed by atoms with Crippen LogP contribution in [0, 0.1) is 83.5 Å². The van der Waals surface area contributed by atoms with Crippen LogP contribution in [0.5, 0.6) is 0 Å². The van der Waals surface area contributed by atoms with E-state index in [0.717, 1.165) is 6.08 Å². The van der Waals surface area contributed by atoms with Crippen molar-refractivity contribution in [1.82, 2.24) is 0 Å². The molecule has 1 N–H and O–H groups in total. The molecule has 0 bridgehead atoms. The summed E-state index contributed by atoms with van der Waals surface area (Å²) in [5.41, 5.74) is 0. The number of carbonyl (C=O) groups is 1. The minimum Gasteiger partial charge on any atom is -2.00 e. The average molecular weight is 400 g/mol. The van der Waals surface area contributed by atoms with Gasteiger partial charge in [0.1, 0.15) is 0 Å². The molecule has 0 rings (SSSR count). The molecule has 0 aromatic rings. The number of carboxylic acids is 1. The van der Waals surface area contributed by atoms with Crippen LogP contribution in [0.15, 0.2) is 12.7 Å². The molecule has 10 heavy (non-hydrogen) atoms. The minimum absolute atomic E-state index is 0. The molecular formula is C3H4Ce2O5. The van der Waals surface area contributed by atoms with Crippen LogP contribution in [-0.4, -0.2) is 11.1 Å². The summed E-state index contributed by atoms with van der Waals surface area (Å²) in [6.07, 6.45) is 0.833. The van der Waals surface area contributed by atoms with Gasteiger partial charge in [-0.3, -0.25) is 0 Å². The van der Waals surface area contributed by atoms with Gasteiger partial charge in [0.25, 0.3) is 0 Å². The van der Waals surface area contributed by atoms with Gasteiger partial charge in [0.05, 0.1) is 0 Å². The fourth-order valence-electron chi connectivity index (χ4n) is 0. The molecule has 0 aliphatic carbocycles. The SMILES string of the molecule is C=CC(=O)O.[Ce+3].[Ce+3].[O-2].[O-2].[O-2]. The fraction of sp³-hybridized carbons (Fsp3) is 0. The van der Waals surface area contributed by atoms with E-state index in [1.54, 1.807) is 0 Å². The maximum absolute atomic E-state index is 9.25. The van der Waals surface area contributed by atoms with Crippen LogP contribution in [0.4, 0.5) is 0 Å². The molecule has 0 amide bonds. The molecule has 7 heteroatoms. The van der Waals surface area contributed by atoms with Crippen LogP contribution < -0.4 is 0 Å². The van der Waals surface area contributed by atoms with E-state index in [2.05, 4.69) is 6.58 Å². The Hall–Kier alpha value is 1.84. The molecule has 0 saturated heterocycles. The van der Waals surface area contributed by atoms with Crippen molar-refractivity contribution in [2.24, 2.45) is 0 Å². The van der Waals surface area contributed by atoms with Crippen LogP contribution in [-0.2, 0) is 21.2 Å². The Morgan fingerprint density at radius 2 is 1.30 bits per heavy atom. The Bertz CT molecular complexity index is 65.9. The van der Waals surface area contributed by atoms with Gasteiger partial charge in [0.2, 0.25) is 0 Å². The van der Waals surface area contributed by atoms with E-state index in [1.807, 2.05) is 0 Å². The molecule has 0 atom stereocenters. The van der Waals surface area contributed by atoms with Crippen molar-refractivity contribution < 1.29 is 110 Å². The molecule has 0 spiro atoms. The molecular weight excluding hydrogens is 396 g/mol. The smallest absolute Gasteiger partial charge is 2.00 e. The summed E-state index contributed by atoms with van der Waals surface area (Å²) < 4.78 is 0. The van der Waals surface area contributed by atoms with Crippen molar-refractivity contribution >= 4 is 5.97 Å². The van der Waals surface area contributed by atoms with E-state index < -0.39 is 5.97 Å². The third-order valence-electron chi connectivity index (χ3n) is 0.175. The monoisotopic (exact) mass is 400 g/mol. The normalized spacial score (nSPS) is 3.20. The standard InChI is InChI=1S/C3H4O2.2Ce.3O/c1-2-3(4)5;;;;;/h2H,1H2,(H,4,5);;;;;/q;2*+3;3*-2. The van der Waals surface area contributed by atoms with Gasteiger partial charge in [-0.15, -0.1) is 0 Å². The summed E-state index contributed by atoms with van der Waals surface area (Å²) in [6, 6.07) is 0. The van der Waals surface area contributed by atoms with E-state index in [9.17, 15) is 4.79 Å². The Morgan fingerprint density at radius 1 is 1.20 bits per heavy atom. The number of rotatable bonds is 1. The zero-order valence-corrected chi connectivity index (χ0v) is 11.1. The molecule has 0 heterocycles. The second-order valence-electron chi connectivity index (χ2n) is 0.542. The van der Waals surface area contributed by atoms with Crippen molar-refractivity contribution in [3.63, 3.8) is 0 Å². The summed E-state index contributed by atoms with van der Waals surface area (Å²) in [5, 5.41) is 7.60. The van der Waals surface area contributed by atoms with Gasteiger partial charge >= 0.3 is 89.5 Å². The quantitative estimate of drug-likeness (QED) is 0.618. The van der Waals surface area contributed by atoms with Gasteiger partial charge < -0.3 is 21.5 Å². The molecule has 0 aromatic heterocycles. The molecule has 2 radical (unpaired) electrons. The molecule has 0 saturated carbocycles. The third kappa shape index (κ3) is 52.1. The molecule has 0 aliphatic heterocycles. The Morgan fingerprint density at radius 3 is 1.30 bits per heavy atom. The van der Waals surface area contributed by atoms with E-state index in [1.165, 1.54) is 0 Å². The van der Waals surface area contributed by atoms with Crippen LogP contribution in [0.1, 0.15) is 0 Å². The predicted octanol–water partition coefficient (Wildman–Crippen LogP) is -0.0994. The fourth-order valence-corrected chi connectivity index (χ4v) is 0. The number of aliphatic carboxylic acids is 1. The second kappa shape index (κ2) is 30.8. The van der Waals surface area contributed by atoms with Gasteiger partial charge in [-0.2, -0.15) is 0 Å². The second-order valence-corrected chi connectivity index (χ2v) is 0.542. The summed E-state index contributed by atoms with van der Waals surface area (Å²) in [7, 11) is 0. The van der Waals surface area contributed by atoms with Gasteiger partial charge in [0, 0.05) is 6.08 Å². The predicted molar refractivity (Wildman–Crippen MR) is 19.9 cm³/mol. The van der Waals surface area contributed by atoms with Crippen molar-refractivity contribution in [1.29, 1.82) is 0 Å². The zero-order chi connectivity index (χ0) is 4.28. The first-order valence-corrected chi connectivity index (χ1v) is 1.12. The van der Waals surface area contributed by atoms with E-state index in [0.29, 0.717) is 0 Å². The average Bonchev–Trinajstić information content (AvgIpc) is 1.38. The van der Waals surface area contributed by atoms with Crippen molar-refractivity contribution in [3.8, 4) is 0 Å². The Kier molecular flexibility index (Phi) is 125. The zero-order valence-electron chi connectivity index (χ0n) is 4.86. The van der Waals surface area contributed by atoms with Crippen molar-refractivity contribution in [3.05, 3.63) is 12.7 Å². The molecule has 0 aromatic carbocycles. The maximum atomic E-state index is 9.25. The van der Waals surface area contributed by atoms with Crippen LogP contribution >= 0.6 is 0 Å². The Labute approximate surface area is 126 Å². The molecule has 0 aliphatic rings. The van der Waals surface area contributed by atoms with E-state index in [-0.39, 0.29) is 99.9 Å². The van der Waals surface area contributed by atoms with Crippen LogP contribution in [0.2, 0.25) is 0 Å². The molecule has 54 valence electrons. The first-order chi connectivity index (χ1) is 2.27. The van der Waals surface area contributed by atoms with Gasteiger partial charge in [-0.25, -0.2) is 4.79 Å². The minimum atomic E-state index is -0.981. The first-order valence-electron chi connectivity index (χ1n) is 1.12. The summed E-state index contributed by atoms with van der Waals surface area (Å²) in [4.78, 5) is 9.25. The van der Waals surface area contributed by atoms with Crippen LogP contribution in [0.3, 0.4) is 0 Å². The maximum Gasteiger partial charge on any atom is 3.00 e. The number of carboxylic acid groups (broad SMARTS) is 1. The van der Waals surface area contributed by atoms with E-state index >= 15 is 0 Å². The first kappa shape index (κ1) is 40.8.